The van der Waals surface area contributed by atoms with Crippen LogP contribution in [0.5, 0.6) is 0 Å². The van der Waals surface area contributed by atoms with Crippen LogP contribution in [0.4, 0.5) is 4.79 Å². The van der Waals surface area contributed by atoms with Gasteiger partial charge in [0.15, 0.2) is 0 Å². The maximum Gasteiger partial charge on any atom is 0.321 e. The Morgan fingerprint density at radius 3 is 2.80 bits per heavy atom. The molecule has 2 N–H and O–H groups in total. The van der Waals surface area contributed by atoms with Crippen molar-refractivity contribution in [2.75, 3.05) is 0 Å². The third-order valence-electron chi connectivity index (χ3n) is 4.42. The zero-order valence-electron chi connectivity index (χ0n) is 14.2. The molecule has 3 rings (SSSR count). The van der Waals surface area contributed by atoms with Gasteiger partial charge in [-0.15, -0.1) is 11.3 Å². The number of carbonyl (C=O) groups is 2. The van der Waals surface area contributed by atoms with Crippen molar-refractivity contribution in [3.05, 3.63) is 27.6 Å². The summed E-state index contributed by atoms with van der Waals surface area (Å²) in [6, 6.07) is 1.45. The van der Waals surface area contributed by atoms with E-state index in [9.17, 15) is 14.4 Å². The standard InChI is InChI=1S/C17H22N4O3S/c1-2-12-8-13-15(25-12)18-10-21(16(13)23)9-14(22)20-17(24)19-11-6-4-3-5-7-11/h8,10-11H,2-7,9H2,1H3,(H2,19,20,22,24). The highest BCUT2D eigenvalue weighted by Crippen LogP contribution is 2.21. The molecule has 0 spiro atoms. The molecule has 0 saturated heterocycles. The van der Waals surface area contributed by atoms with Gasteiger partial charge in [0.25, 0.3) is 5.56 Å². The van der Waals surface area contributed by atoms with Gasteiger partial charge in [0.1, 0.15) is 11.4 Å². The van der Waals surface area contributed by atoms with E-state index in [1.807, 2.05) is 13.0 Å². The maximum absolute atomic E-state index is 12.4. The summed E-state index contributed by atoms with van der Waals surface area (Å²) in [7, 11) is 0. The first-order chi connectivity index (χ1) is 12.1. The molecule has 1 fully saturated rings. The van der Waals surface area contributed by atoms with Gasteiger partial charge < -0.3 is 5.32 Å². The molecule has 1 aliphatic carbocycles. The summed E-state index contributed by atoms with van der Waals surface area (Å²) in [5.74, 6) is -0.525. The predicted molar refractivity (Wildman–Crippen MR) is 96.8 cm³/mol. The summed E-state index contributed by atoms with van der Waals surface area (Å²) >= 11 is 1.48. The quantitative estimate of drug-likeness (QED) is 0.872. The van der Waals surface area contributed by atoms with Crippen molar-refractivity contribution in [2.24, 2.45) is 0 Å². The molecular weight excluding hydrogens is 340 g/mol. The molecule has 1 aliphatic rings. The first-order valence-electron chi connectivity index (χ1n) is 8.65. The number of hydrogen-bond acceptors (Lipinski definition) is 5. The van der Waals surface area contributed by atoms with Gasteiger partial charge in [-0.25, -0.2) is 9.78 Å². The largest absolute Gasteiger partial charge is 0.335 e. The van der Waals surface area contributed by atoms with Gasteiger partial charge in [0, 0.05) is 10.9 Å². The van der Waals surface area contributed by atoms with Crippen molar-refractivity contribution in [3.8, 4) is 0 Å². The number of aryl methyl sites for hydroxylation is 1. The first kappa shape index (κ1) is 17.6. The van der Waals surface area contributed by atoms with Crippen LogP contribution >= 0.6 is 11.3 Å². The molecule has 0 unspecified atom stereocenters. The minimum Gasteiger partial charge on any atom is -0.335 e. The zero-order valence-corrected chi connectivity index (χ0v) is 15.0. The van der Waals surface area contributed by atoms with E-state index in [2.05, 4.69) is 15.6 Å². The summed E-state index contributed by atoms with van der Waals surface area (Å²) in [6.07, 6.45) is 7.47. The minimum absolute atomic E-state index is 0.126. The highest BCUT2D eigenvalue weighted by molar-refractivity contribution is 7.18. The summed E-state index contributed by atoms with van der Waals surface area (Å²) in [5, 5.41) is 5.63. The number of amides is 3. The highest BCUT2D eigenvalue weighted by Gasteiger charge is 2.17. The number of imide groups is 1. The molecule has 7 nitrogen and oxygen atoms in total. The average molecular weight is 362 g/mol. The molecule has 134 valence electrons. The number of thiophene rings is 1. The molecule has 3 amide bonds. The lowest BCUT2D eigenvalue weighted by molar-refractivity contribution is -0.120. The molecule has 2 aromatic rings. The summed E-state index contributed by atoms with van der Waals surface area (Å²) < 4.78 is 1.23. The van der Waals surface area contributed by atoms with E-state index in [1.54, 1.807) is 0 Å². The van der Waals surface area contributed by atoms with Crippen molar-refractivity contribution in [1.82, 2.24) is 20.2 Å². The van der Waals surface area contributed by atoms with Crippen LogP contribution < -0.4 is 16.2 Å². The smallest absolute Gasteiger partial charge is 0.321 e. The molecular formula is C17H22N4O3S. The number of rotatable bonds is 4. The molecule has 0 aliphatic heterocycles. The second-order valence-corrected chi connectivity index (χ2v) is 7.43. The van der Waals surface area contributed by atoms with Crippen LogP contribution in [-0.2, 0) is 17.8 Å². The van der Waals surface area contributed by atoms with Gasteiger partial charge in [-0.1, -0.05) is 26.2 Å². The van der Waals surface area contributed by atoms with E-state index in [0.717, 1.165) is 37.0 Å². The van der Waals surface area contributed by atoms with E-state index in [-0.39, 0.29) is 18.1 Å². The van der Waals surface area contributed by atoms with Crippen LogP contribution in [0.3, 0.4) is 0 Å². The third kappa shape index (κ3) is 4.25. The fourth-order valence-corrected chi connectivity index (χ4v) is 4.01. The molecule has 0 radical (unpaired) electrons. The molecule has 0 aromatic carbocycles. The van der Waals surface area contributed by atoms with E-state index < -0.39 is 11.9 Å². The number of nitrogens with zero attached hydrogens (tertiary/aromatic N) is 2. The van der Waals surface area contributed by atoms with Gasteiger partial charge in [0.05, 0.1) is 11.7 Å². The van der Waals surface area contributed by atoms with E-state index >= 15 is 0 Å². The van der Waals surface area contributed by atoms with Crippen LogP contribution in [0.15, 0.2) is 17.2 Å². The Bertz CT molecular complexity index is 836. The van der Waals surface area contributed by atoms with Gasteiger partial charge in [0.2, 0.25) is 5.91 Å². The van der Waals surface area contributed by atoms with E-state index in [4.69, 9.17) is 0 Å². The lowest BCUT2D eigenvalue weighted by Gasteiger charge is -2.22. The Kier molecular flexibility index (Phi) is 5.47. The number of hydrogen-bond donors (Lipinski definition) is 2. The molecule has 1 saturated carbocycles. The normalized spacial score (nSPS) is 15.2. The molecule has 2 aromatic heterocycles. The van der Waals surface area contributed by atoms with E-state index in [1.165, 1.54) is 28.7 Å². The number of urea groups is 1. The first-order valence-corrected chi connectivity index (χ1v) is 9.46. The van der Waals surface area contributed by atoms with Gasteiger partial charge in [-0.05, 0) is 25.3 Å². The van der Waals surface area contributed by atoms with Crippen molar-refractivity contribution in [3.63, 3.8) is 0 Å². The zero-order chi connectivity index (χ0) is 17.8. The van der Waals surface area contributed by atoms with Crippen LogP contribution in [0.25, 0.3) is 10.2 Å². The number of carbonyl (C=O) groups excluding carboxylic acids is 2. The summed E-state index contributed by atoms with van der Waals surface area (Å²) in [6.45, 7) is 1.79. The van der Waals surface area contributed by atoms with Crippen LogP contribution in [-0.4, -0.2) is 27.5 Å². The van der Waals surface area contributed by atoms with Gasteiger partial charge in [-0.3, -0.25) is 19.5 Å². The fraction of sp³-hybridized carbons (Fsp3) is 0.529. The highest BCUT2D eigenvalue weighted by atomic mass is 32.1. The number of fused-ring (bicyclic) bond motifs is 1. The monoisotopic (exact) mass is 362 g/mol. The van der Waals surface area contributed by atoms with Crippen LogP contribution in [0.1, 0.15) is 43.9 Å². The minimum atomic E-state index is -0.525. The summed E-state index contributed by atoms with van der Waals surface area (Å²) in [5.41, 5.74) is -0.260. The fourth-order valence-electron chi connectivity index (χ4n) is 3.09. The van der Waals surface area contributed by atoms with Crippen LogP contribution in [0.2, 0.25) is 0 Å². The van der Waals surface area contributed by atoms with Crippen molar-refractivity contribution < 1.29 is 9.59 Å². The topological polar surface area (TPSA) is 93.1 Å². The van der Waals surface area contributed by atoms with Crippen LogP contribution in [0, 0.1) is 0 Å². The Hall–Kier alpha value is -2.22. The molecule has 25 heavy (non-hydrogen) atoms. The molecule has 0 bridgehead atoms. The Morgan fingerprint density at radius 1 is 1.32 bits per heavy atom. The van der Waals surface area contributed by atoms with Crippen molar-refractivity contribution in [2.45, 2.75) is 58.0 Å². The Morgan fingerprint density at radius 2 is 2.08 bits per heavy atom. The maximum atomic E-state index is 12.4. The molecule has 0 atom stereocenters. The van der Waals surface area contributed by atoms with Crippen molar-refractivity contribution in [1.29, 1.82) is 0 Å². The molecule has 2 heterocycles. The second-order valence-electron chi connectivity index (χ2n) is 6.32. The lowest BCUT2D eigenvalue weighted by atomic mass is 9.96. The third-order valence-corrected chi connectivity index (χ3v) is 5.61. The Balaban J connectivity index is 1.62. The second kappa shape index (κ2) is 7.77. The number of aromatic nitrogens is 2. The Labute approximate surface area is 149 Å². The lowest BCUT2D eigenvalue weighted by Crippen LogP contribution is -2.46. The SMILES string of the molecule is CCc1cc2c(=O)n(CC(=O)NC(=O)NC3CCCCC3)cnc2s1. The van der Waals surface area contributed by atoms with Gasteiger partial charge in [-0.2, -0.15) is 0 Å². The predicted octanol–water partition coefficient (Wildman–Crippen LogP) is 2.18. The van der Waals surface area contributed by atoms with E-state index in [0.29, 0.717) is 10.2 Å². The van der Waals surface area contributed by atoms with Crippen molar-refractivity contribution >= 4 is 33.5 Å². The van der Waals surface area contributed by atoms with Gasteiger partial charge >= 0.3 is 6.03 Å². The molecule has 8 heteroatoms. The average Bonchev–Trinajstić information content (AvgIpc) is 3.02. The number of nitrogens with one attached hydrogen (secondary N) is 2. The summed E-state index contributed by atoms with van der Waals surface area (Å²) in [4.78, 5) is 42.4.